The number of likely N-dealkylation sites (tertiary alicyclic amines) is 1. The SMILES string of the molecule is Cc1cc(F)cc(-n2nc(C(=O)N3CCCCC3CCN)c3c2CCC3)c1. The number of halogens is 1. The number of nitrogens with zero attached hydrogens (tertiary/aromatic N) is 3. The van der Waals surface area contributed by atoms with E-state index in [0.29, 0.717) is 17.9 Å². The minimum atomic E-state index is -0.279. The third kappa shape index (κ3) is 3.38. The van der Waals surface area contributed by atoms with Gasteiger partial charge in [0.25, 0.3) is 5.91 Å². The highest BCUT2D eigenvalue weighted by Crippen LogP contribution is 2.30. The van der Waals surface area contributed by atoms with Crippen LogP contribution in [0.2, 0.25) is 0 Å². The predicted molar refractivity (Wildman–Crippen MR) is 103 cm³/mol. The molecule has 2 aromatic rings. The topological polar surface area (TPSA) is 64.2 Å². The lowest BCUT2D eigenvalue weighted by Crippen LogP contribution is -2.45. The van der Waals surface area contributed by atoms with Crippen LogP contribution in [0.15, 0.2) is 18.2 Å². The fourth-order valence-electron chi connectivity index (χ4n) is 4.56. The maximum Gasteiger partial charge on any atom is 0.274 e. The van der Waals surface area contributed by atoms with E-state index in [9.17, 15) is 9.18 Å². The highest BCUT2D eigenvalue weighted by atomic mass is 19.1. The monoisotopic (exact) mass is 370 g/mol. The summed E-state index contributed by atoms with van der Waals surface area (Å²) in [6.45, 7) is 3.22. The molecule has 0 bridgehead atoms. The lowest BCUT2D eigenvalue weighted by Gasteiger charge is -2.35. The summed E-state index contributed by atoms with van der Waals surface area (Å²) in [6.07, 6.45) is 6.75. The van der Waals surface area contributed by atoms with Crippen molar-refractivity contribution in [2.45, 2.75) is 57.9 Å². The number of piperidine rings is 1. The van der Waals surface area contributed by atoms with E-state index in [4.69, 9.17) is 5.73 Å². The van der Waals surface area contributed by atoms with E-state index < -0.39 is 0 Å². The second-order valence-corrected chi connectivity index (χ2v) is 7.75. The standard InChI is InChI=1S/C21H27FN4O/c1-14-11-15(22)13-17(12-14)26-19-7-4-6-18(19)20(24-26)21(27)25-10-3-2-5-16(25)8-9-23/h11-13,16H,2-10,23H2,1H3. The molecule has 1 unspecified atom stereocenters. The van der Waals surface area contributed by atoms with Crippen molar-refractivity contribution in [3.05, 3.63) is 46.5 Å². The van der Waals surface area contributed by atoms with Crippen LogP contribution in [-0.2, 0) is 12.8 Å². The third-order valence-corrected chi connectivity index (χ3v) is 5.79. The van der Waals surface area contributed by atoms with Gasteiger partial charge >= 0.3 is 0 Å². The molecule has 1 aromatic carbocycles. The Balaban J connectivity index is 1.72. The number of carbonyl (C=O) groups excluding carboxylic acids is 1. The Bertz CT molecular complexity index is 838. The van der Waals surface area contributed by atoms with Crippen LogP contribution in [0.5, 0.6) is 0 Å². The van der Waals surface area contributed by atoms with E-state index >= 15 is 0 Å². The molecule has 0 spiro atoms. The number of rotatable bonds is 4. The van der Waals surface area contributed by atoms with Gasteiger partial charge in [-0.2, -0.15) is 5.10 Å². The zero-order chi connectivity index (χ0) is 19.0. The minimum absolute atomic E-state index is 0.0122. The van der Waals surface area contributed by atoms with Gasteiger partial charge < -0.3 is 10.6 Å². The normalized spacial score (nSPS) is 19.4. The van der Waals surface area contributed by atoms with Gasteiger partial charge in [0.15, 0.2) is 5.69 Å². The smallest absolute Gasteiger partial charge is 0.274 e. The van der Waals surface area contributed by atoms with E-state index in [1.807, 2.05) is 17.9 Å². The maximum atomic E-state index is 13.9. The molecule has 144 valence electrons. The zero-order valence-electron chi connectivity index (χ0n) is 15.9. The summed E-state index contributed by atoms with van der Waals surface area (Å²) in [5.41, 5.74) is 9.95. The highest BCUT2D eigenvalue weighted by Gasteiger charge is 2.33. The molecular weight excluding hydrogens is 343 g/mol. The van der Waals surface area contributed by atoms with Crippen molar-refractivity contribution in [2.75, 3.05) is 13.1 Å². The summed E-state index contributed by atoms with van der Waals surface area (Å²) in [5, 5.41) is 4.68. The summed E-state index contributed by atoms with van der Waals surface area (Å²) in [4.78, 5) is 15.3. The molecule has 1 saturated heterocycles. The van der Waals surface area contributed by atoms with Gasteiger partial charge in [0.05, 0.1) is 5.69 Å². The third-order valence-electron chi connectivity index (χ3n) is 5.79. The molecule has 4 rings (SSSR count). The van der Waals surface area contributed by atoms with Crippen LogP contribution in [0.3, 0.4) is 0 Å². The summed E-state index contributed by atoms with van der Waals surface area (Å²) in [7, 11) is 0. The molecule has 2 heterocycles. The van der Waals surface area contributed by atoms with Gasteiger partial charge in [-0.1, -0.05) is 0 Å². The first-order valence-corrected chi connectivity index (χ1v) is 9.98. The Morgan fingerprint density at radius 2 is 2.11 bits per heavy atom. The van der Waals surface area contributed by atoms with Crippen molar-refractivity contribution >= 4 is 5.91 Å². The van der Waals surface area contributed by atoms with Crippen molar-refractivity contribution in [2.24, 2.45) is 5.73 Å². The molecule has 6 heteroatoms. The fourth-order valence-corrected chi connectivity index (χ4v) is 4.56. The van der Waals surface area contributed by atoms with Gasteiger partial charge in [0, 0.05) is 23.8 Å². The number of hydrogen-bond donors (Lipinski definition) is 1. The first-order chi connectivity index (χ1) is 13.1. The molecule has 0 saturated carbocycles. The van der Waals surface area contributed by atoms with Gasteiger partial charge in [0.1, 0.15) is 5.82 Å². The first kappa shape index (κ1) is 18.2. The lowest BCUT2D eigenvalue weighted by atomic mass is 9.98. The van der Waals surface area contributed by atoms with E-state index in [1.54, 1.807) is 4.68 Å². The number of hydrogen-bond acceptors (Lipinski definition) is 3. The lowest BCUT2D eigenvalue weighted by molar-refractivity contribution is 0.0597. The van der Waals surface area contributed by atoms with Crippen molar-refractivity contribution < 1.29 is 9.18 Å². The summed E-state index contributed by atoms with van der Waals surface area (Å²) in [6, 6.07) is 5.12. The Morgan fingerprint density at radius 3 is 2.89 bits per heavy atom. The van der Waals surface area contributed by atoms with Crippen LogP contribution in [-0.4, -0.2) is 39.7 Å². The van der Waals surface area contributed by atoms with Gasteiger partial charge in [0.2, 0.25) is 0 Å². The van der Waals surface area contributed by atoms with Crippen LogP contribution in [0.25, 0.3) is 5.69 Å². The molecule has 2 N–H and O–H groups in total. The van der Waals surface area contributed by atoms with E-state index in [0.717, 1.165) is 68.3 Å². The van der Waals surface area contributed by atoms with Crippen molar-refractivity contribution in [3.8, 4) is 5.69 Å². The Hall–Kier alpha value is -2.21. The maximum absolute atomic E-state index is 13.9. The second-order valence-electron chi connectivity index (χ2n) is 7.75. The molecular formula is C21H27FN4O. The molecule has 2 aliphatic rings. The Kier molecular flexibility index (Phi) is 5.00. The van der Waals surface area contributed by atoms with E-state index in [-0.39, 0.29) is 17.8 Å². The molecule has 1 aromatic heterocycles. The molecule has 5 nitrogen and oxygen atoms in total. The van der Waals surface area contributed by atoms with Crippen molar-refractivity contribution in [1.29, 1.82) is 0 Å². The van der Waals surface area contributed by atoms with Crippen LogP contribution >= 0.6 is 0 Å². The number of nitrogens with two attached hydrogens (primary N) is 1. The van der Waals surface area contributed by atoms with E-state index in [1.165, 1.54) is 12.1 Å². The van der Waals surface area contributed by atoms with Crippen LogP contribution in [0.1, 0.15) is 59.4 Å². The Morgan fingerprint density at radius 1 is 1.26 bits per heavy atom. The van der Waals surface area contributed by atoms with Crippen molar-refractivity contribution in [1.82, 2.24) is 14.7 Å². The number of benzene rings is 1. The first-order valence-electron chi connectivity index (χ1n) is 9.98. The fraction of sp³-hybridized carbons (Fsp3) is 0.524. The largest absolute Gasteiger partial charge is 0.334 e. The van der Waals surface area contributed by atoms with Crippen LogP contribution in [0, 0.1) is 12.7 Å². The summed E-state index contributed by atoms with van der Waals surface area (Å²) in [5.74, 6) is -0.266. The van der Waals surface area contributed by atoms with Gasteiger partial charge in [-0.15, -0.1) is 0 Å². The molecule has 0 radical (unpaired) electrons. The number of aryl methyl sites for hydroxylation is 1. The minimum Gasteiger partial charge on any atom is -0.334 e. The molecule has 1 aliphatic heterocycles. The summed E-state index contributed by atoms with van der Waals surface area (Å²) < 4.78 is 15.7. The van der Waals surface area contributed by atoms with Crippen LogP contribution in [0.4, 0.5) is 4.39 Å². The Labute approximate surface area is 159 Å². The average molecular weight is 370 g/mol. The molecule has 27 heavy (non-hydrogen) atoms. The molecule has 1 atom stereocenters. The van der Waals surface area contributed by atoms with E-state index in [2.05, 4.69) is 5.10 Å². The summed E-state index contributed by atoms with van der Waals surface area (Å²) >= 11 is 0. The average Bonchev–Trinajstić information content (AvgIpc) is 3.23. The number of amides is 1. The number of fused-ring (bicyclic) bond motifs is 1. The quantitative estimate of drug-likeness (QED) is 0.899. The predicted octanol–water partition coefficient (Wildman–Crippen LogP) is 3.15. The molecule has 1 aliphatic carbocycles. The van der Waals surface area contributed by atoms with Gasteiger partial charge in [-0.25, -0.2) is 9.07 Å². The number of carbonyl (C=O) groups is 1. The second kappa shape index (κ2) is 7.43. The van der Waals surface area contributed by atoms with Gasteiger partial charge in [-0.3, -0.25) is 4.79 Å². The molecule has 1 amide bonds. The van der Waals surface area contributed by atoms with Gasteiger partial charge in [-0.05, 0) is 82.2 Å². The zero-order valence-corrected chi connectivity index (χ0v) is 15.9. The van der Waals surface area contributed by atoms with Crippen LogP contribution < -0.4 is 5.73 Å². The van der Waals surface area contributed by atoms with Crippen molar-refractivity contribution in [3.63, 3.8) is 0 Å². The highest BCUT2D eigenvalue weighted by molar-refractivity contribution is 5.94. The molecule has 1 fully saturated rings. The number of aromatic nitrogens is 2.